The molecule has 1 spiro atoms. The second kappa shape index (κ2) is 6.95. The highest BCUT2D eigenvalue weighted by molar-refractivity contribution is 5.95. The van der Waals surface area contributed by atoms with Crippen LogP contribution in [0.15, 0.2) is 18.5 Å². The van der Waals surface area contributed by atoms with Crippen LogP contribution in [0.5, 0.6) is 0 Å². The number of pyridine rings is 1. The molecule has 1 aromatic heterocycles. The minimum Gasteiger partial charge on any atom is -0.381 e. The van der Waals surface area contributed by atoms with Crippen molar-refractivity contribution in [3.05, 3.63) is 29.8 Å². The molecule has 2 amide bonds. The molecule has 26 heavy (non-hydrogen) atoms. The van der Waals surface area contributed by atoms with Crippen molar-refractivity contribution in [1.82, 2.24) is 14.8 Å². The van der Waals surface area contributed by atoms with Crippen LogP contribution in [0.25, 0.3) is 0 Å². The Morgan fingerprint density at radius 2 is 2.08 bits per heavy atom. The van der Waals surface area contributed by atoms with Crippen molar-refractivity contribution in [2.75, 3.05) is 32.8 Å². The minimum atomic E-state index is -0.614. The van der Waals surface area contributed by atoms with Crippen LogP contribution in [0.4, 0.5) is 4.39 Å². The van der Waals surface area contributed by atoms with Crippen molar-refractivity contribution in [3.8, 4) is 0 Å². The Bertz CT molecular complexity index is 707. The second-order valence-corrected chi connectivity index (χ2v) is 7.56. The predicted molar refractivity (Wildman–Crippen MR) is 91.9 cm³/mol. The molecular formula is C19H24FN3O3. The van der Waals surface area contributed by atoms with Gasteiger partial charge in [-0.2, -0.15) is 0 Å². The van der Waals surface area contributed by atoms with E-state index in [0.717, 1.165) is 38.4 Å². The zero-order chi connectivity index (χ0) is 18.1. The molecule has 0 N–H and O–H groups in total. The third-order valence-corrected chi connectivity index (χ3v) is 6.04. The Balaban J connectivity index is 1.50. The quantitative estimate of drug-likeness (QED) is 0.807. The average Bonchev–Trinajstić information content (AvgIpc) is 3.10. The maximum Gasteiger partial charge on any atom is 0.256 e. The lowest BCUT2D eigenvalue weighted by atomic mass is 9.77. The highest BCUT2D eigenvalue weighted by Gasteiger charge is 2.50. The van der Waals surface area contributed by atoms with E-state index in [1.165, 1.54) is 12.3 Å². The molecular weight excluding hydrogens is 337 g/mol. The van der Waals surface area contributed by atoms with E-state index in [0.29, 0.717) is 32.7 Å². The number of halogens is 1. The van der Waals surface area contributed by atoms with E-state index in [-0.39, 0.29) is 23.4 Å². The Labute approximate surface area is 152 Å². The SMILES string of the molecule is O=C(c1ccncc1F)N1CCC2(CCCN(C3CCOCC3)C2=O)C1. The van der Waals surface area contributed by atoms with Gasteiger partial charge in [0.2, 0.25) is 5.91 Å². The summed E-state index contributed by atoms with van der Waals surface area (Å²) in [6.45, 7) is 3.07. The van der Waals surface area contributed by atoms with Crippen LogP contribution >= 0.6 is 0 Å². The van der Waals surface area contributed by atoms with E-state index in [4.69, 9.17) is 4.74 Å². The lowest BCUT2D eigenvalue weighted by molar-refractivity contribution is -0.150. The number of carbonyl (C=O) groups excluding carboxylic acids is 2. The number of nitrogens with zero attached hydrogens (tertiary/aromatic N) is 3. The van der Waals surface area contributed by atoms with Crippen molar-refractivity contribution < 1.29 is 18.7 Å². The fourth-order valence-electron chi connectivity index (χ4n) is 4.59. The fraction of sp³-hybridized carbons (Fsp3) is 0.632. The molecule has 7 heteroatoms. The summed E-state index contributed by atoms with van der Waals surface area (Å²) in [7, 11) is 0. The minimum absolute atomic E-state index is 0.0293. The third kappa shape index (κ3) is 2.98. The molecule has 4 heterocycles. The first-order valence-corrected chi connectivity index (χ1v) is 9.38. The molecule has 3 fully saturated rings. The first kappa shape index (κ1) is 17.4. The van der Waals surface area contributed by atoms with Crippen LogP contribution in [-0.4, -0.2) is 65.5 Å². The molecule has 1 atom stereocenters. The molecule has 0 radical (unpaired) electrons. The van der Waals surface area contributed by atoms with Gasteiger partial charge in [0.05, 0.1) is 17.2 Å². The van der Waals surface area contributed by atoms with Gasteiger partial charge in [-0.05, 0) is 38.2 Å². The summed E-state index contributed by atoms with van der Waals surface area (Å²) < 4.78 is 19.3. The molecule has 3 saturated heterocycles. The number of hydrogen-bond donors (Lipinski definition) is 0. The van der Waals surface area contributed by atoms with Gasteiger partial charge in [-0.3, -0.25) is 14.6 Å². The summed E-state index contributed by atoms with van der Waals surface area (Å²) in [5, 5.41) is 0. The zero-order valence-corrected chi connectivity index (χ0v) is 14.8. The number of aromatic nitrogens is 1. The monoisotopic (exact) mass is 361 g/mol. The summed E-state index contributed by atoms with van der Waals surface area (Å²) >= 11 is 0. The standard InChI is InChI=1S/C19H24FN3O3/c20-16-12-21-7-2-15(16)17(24)22-9-6-19(13-22)5-1-8-23(18(19)25)14-3-10-26-11-4-14/h2,7,12,14H,1,3-6,8-11,13H2. The van der Waals surface area contributed by atoms with Gasteiger partial charge in [0, 0.05) is 45.1 Å². The van der Waals surface area contributed by atoms with Crippen LogP contribution in [-0.2, 0) is 9.53 Å². The highest BCUT2D eigenvalue weighted by atomic mass is 19.1. The van der Waals surface area contributed by atoms with E-state index < -0.39 is 11.2 Å². The number of carbonyl (C=O) groups is 2. The first-order chi connectivity index (χ1) is 12.6. The van der Waals surface area contributed by atoms with Crippen molar-refractivity contribution in [3.63, 3.8) is 0 Å². The molecule has 3 aliphatic rings. The van der Waals surface area contributed by atoms with Crippen molar-refractivity contribution in [2.45, 2.75) is 38.1 Å². The summed E-state index contributed by atoms with van der Waals surface area (Å²) in [6.07, 6.45) is 6.64. The normalized spacial score (nSPS) is 27.3. The number of likely N-dealkylation sites (tertiary alicyclic amines) is 2. The van der Waals surface area contributed by atoms with Gasteiger partial charge in [0.15, 0.2) is 5.82 Å². The lowest BCUT2D eigenvalue weighted by Gasteiger charge is -2.44. The second-order valence-electron chi connectivity index (χ2n) is 7.56. The van der Waals surface area contributed by atoms with Crippen LogP contribution in [0, 0.1) is 11.2 Å². The summed E-state index contributed by atoms with van der Waals surface area (Å²) in [5.74, 6) is -0.795. The molecule has 1 unspecified atom stereocenters. The van der Waals surface area contributed by atoms with Gasteiger partial charge in [-0.1, -0.05) is 0 Å². The maximum atomic E-state index is 13.9. The van der Waals surface area contributed by atoms with Crippen LogP contribution in [0.2, 0.25) is 0 Å². The maximum absolute atomic E-state index is 13.9. The zero-order valence-electron chi connectivity index (χ0n) is 14.8. The van der Waals surface area contributed by atoms with E-state index in [1.807, 2.05) is 4.90 Å². The smallest absolute Gasteiger partial charge is 0.256 e. The Kier molecular flexibility index (Phi) is 4.65. The molecule has 0 aliphatic carbocycles. The van der Waals surface area contributed by atoms with Gasteiger partial charge < -0.3 is 14.5 Å². The molecule has 0 bridgehead atoms. The topological polar surface area (TPSA) is 62.7 Å². The fourth-order valence-corrected chi connectivity index (χ4v) is 4.59. The van der Waals surface area contributed by atoms with E-state index in [9.17, 15) is 14.0 Å². The Morgan fingerprint density at radius 3 is 2.85 bits per heavy atom. The molecule has 4 rings (SSSR count). The summed E-state index contributed by atoms with van der Waals surface area (Å²) in [5.41, 5.74) is -0.475. The van der Waals surface area contributed by atoms with Gasteiger partial charge in [0.1, 0.15) is 0 Å². The third-order valence-electron chi connectivity index (χ3n) is 6.04. The van der Waals surface area contributed by atoms with Crippen LogP contribution in [0.3, 0.4) is 0 Å². The predicted octanol–water partition coefficient (Wildman–Crippen LogP) is 1.85. The highest BCUT2D eigenvalue weighted by Crippen LogP contribution is 2.41. The molecule has 0 aromatic carbocycles. The lowest BCUT2D eigenvalue weighted by Crippen LogP contribution is -2.55. The molecule has 6 nitrogen and oxygen atoms in total. The van der Waals surface area contributed by atoms with Gasteiger partial charge in [-0.15, -0.1) is 0 Å². The van der Waals surface area contributed by atoms with E-state index >= 15 is 0 Å². The average molecular weight is 361 g/mol. The van der Waals surface area contributed by atoms with E-state index in [2.05, 4.69) is 4.98 Å². The van der Waals surface area contributed by atoms with Gasteiger partial charge >= 0.3 is 0 Å². The van der Waals surface area contributed by atoms with Crippen molar-refractivity contribution in [2.24, 2.45) is 5.41 Å². The molecule has 3 aliphatic heterocycles. The first-order valence-electron chi connectivity index (χ1n) is 9.38. The van der Waals surface area contributed by atoms with Gasteiger partial charge in [-0.25, -0.2) is 4.39 Å². The summed E-state index contributed by atoms with van der Waals surface area (Å²) in [6, 6.07) is 1.65. The number of hydrogen-bond acceptors (Lipinski definition) is 4. The molecule has 0 saturated carbocycles. The number of rotatable bonds is 2. The van der Waals surface area contributed by atoms with Crippen molar-refractivity contribution in [1.29, 1.82) is 0 Å². The van der Waals surface area contributed by atoms with Crippen molar-refractivity contribution >= 4 is 11.8 Å². The number of piperidine rings is 1. The van der Waals surface area contributed by atoms with E-state index in [1.54, 1.807) is 4.90 Å². The Hall–Kier alpha value is -2.02. The molecule has 140 valence electrons. The number of ether oxygens (including phenoxy) is 1. The molecule has 1 aromatic rings. The Morgan fingerprint density at radius 1 is 1.27 bits per heavy atom. The summed E-state index contributed by atoms with van der Waals surface area (Å²) in [4.78, 5) is 33.3. The van der Waals surface area contributed by atoms with Crippen LogP contribution < -0.4 is 0 Å². The van der Waals surface area contributed by atoms with Crippen LogP contribution in [0.1, 0.15) is 42.5 Å². The largest absolute Gasteiger partial charge is 0.381 e. The van der Waals surface area contributed by atoms with Gasteiger partial charge in [0.25, 0.3) is 5.91 Å². The number of amides is 2.